The number of nitrogens with zero attached hydrogens (tertiary/aromatic N) is 2. The van der Waals surface area contributed by atoms with Gasteiger partial charge in [-0.05, 0) is 34.4 Å². The number of likely N-dealkylation sites (tertiary alicyclic amines) is 1. The molecule has 0 bridgehead atoms. The molecule has 1 fully saturated rings. The van der Waals surface area contributed by atoms with E-state index in [1.165, 1.54) is 13.0 Å². The molecular formula is C10H23N3. The topological polar surface area (TPSA) is 32.5 Å². The molecular weight excluding hydrogens is 162 g/mol. The molecule has 0 radical (unpaired) electrons. The van der Waals surface area contributed by atoms with Gasteiger partial charge in [0.15, 0.2) is 0 Å². The summed E-state index contributed by atoms with van der Waals surface area (Å²) in [6.07, 6.45) is 1.28. The molecule has 0 spiro atoms. The van der Waals surface area contributed by atoms with E-state index in [4.69, 9.17) is 5.73 Å². The largest absolute Gasteiger partial charge is 0.327 e. The Morgan fingerprint density at radius 2 is 2.15 bits per heavy atom. The summed E-state index contributed by atoms with van der Waals surface area (Å²) >= 11 is 0. The molecule has 78 valence electrons. The first-order valence-electron chi connectivity index (χ1n) is 5.18. The van der Waals surface area contributed by atoms with Crippen LogP contribution >= 0.6 is 0 Å². The van der Waals surface area contributed by atoms with Crippen LogP contribution in [0.15, 0.2) is 0 Å². The van der Waals surface area contributed by atoms with Crippen molar-refractivity contribution in [2.45, 2.75) is 38.4 Å². The molecule has 0 aromatic heterocycles. The lowest BCUT2D eigenvalue weighted by Gasteiger charge is -2.29. The molecule has 1 rings (SSSR count). The maximum atomic E-state index is 5.80. The Kier molecular flexibility index (Phi) is 3.71. The summed E-state index contributed by atoms with van der Waals surface area (Å²) in [6.45, 7) is 6.62. The summed E-state index contributed by atoms with van der Waals surface area (Å²) in [5, 5.41) is 0. The van der Waals surface area contributed by atoms with Crippen LogP contribution in [0.4, 0.5) is 0 Å². The second-order valence-electron chi connectivity index (χ2n) is 4.53. The summed E-state index contributed by atoms with van der Waals surface area (Å²) in [7, 11) is 4.33. The average Bonchev–Trinajstić information content (AvgIpc) is 2.32. The third-order valence-corrected chi connectivity index (χ3v) is 3.03. The Balaban J connectivity index is 2.45. The van der Waals surface area contributed by atoms with E-state index in [2.05, 4.69) is 37.7 Å². The van der Waals surface area contributed by atoms with Crippen LogP contribution in [-0.4, -0.2) is 55.1 Å². The fourth-order valence-electron chi connectivity index (χ4n) is 2.30. The highest BCUT2D eigenvalue weighted by Crippen LogP contribution is 2.20. The van der Waals surface area contributed by atoms with Gasteiger partial charge in [0, 0.05) is 31.2 Å². The third-order valence-electron chi connectivity index (χ3n) is 3.03. The summed E-state index contributed by atoms with van der Waals surface area (Å²) in [5.74, 6) is 0. The van der Waals surface area contributed by atoms with E-state index >= 15 is 0 Å². The lowest BCUT2D eigenvalue weighted by Crippen LogP contribution is -2.43. The minimum atomic E-state index is 0.295. The smallest absolute Gasteiger partial charge is 0.0254 e. The molecule has 2 unspecified atom stereocenters. The molecule has 0 aromatic carbocycles. The van der Waals surface area contributed by atoms with Gasteiger partial charge in [-0.25, -0.2) is 0 Å². The summed E-state index contributed by atoms with van der Waals surface area (Å²) < 4.78 is 0. The molecule has 3 heteroatoms. The number of likely N-dealkylation sites (N-methyl/N-ethyl adjacent to an activating group) is 1. The maximum absolute atomic E-state index is 5.80. The molecule has 0 aromatic rings. The fraction of sp³-hybridized carbons (Fsp3) is 1.00. The first-order chi connectivity index (χ1) is 6.02. The predicted octanol–water partition coefficient (Wildman–Crippen LogP) is 0.358. The van der Waals surface area contributed by atoms with Crippen LogP contribution in [-0.2, 0) is 0 Å². The first kappa shape index (κ1) is 11.0. The number of hydrogen-bond donors (Lipinski definition) is 1. The average molecular weight is 185 g/mol. The van der Waals surface area contributed by atoms with Crippen LogP contribution in [0.25, 0.3) is 0 Å². The van der Waals surface area contributed by atoms with Crippen LogP contribution in [0.3, 0.4) is 0 Å². The van der Waals surface area contributed by atoms with Gasteiger partial charge in [0.25, 0.3) is 0 Å². The normalized spacial score (nSPS) is 32.8. The lowest BCUT2D eigenvalue weighted by atomic mass is 10.1. The maximum Gasteiger partial charge on any atom is 0.0254 e. The number of rotatable bonds is 3. The zero-order valence-corrected chi connectivity index (χ0v) is 9.33. The minimum Gasteiger partial charge on any atom is -0.327 e. The van der Waals surface area contributed by atoms with E-state index in [0.717, 1.165) is 6.54 Å². The van der Waals surface area contributed by atoms with Crippen molar-refractivity contribution in [1.82, 2.24) is 9.80 Å². The van der Waals surface area contributed by atoms with Gasteiger partial charge in [0.05, 0.1) is 0 Å². The number of nitrogens with two attached hydrogens (primary N) is 1. The Hall–Kier alpha value is -0.120. The van der Waals surface area contributed by atoms with Gasteiger partial charge in [0.1, 0.15) is 0 Å². The van der Waals surface area contributed by atoms with Crippen LogP contribution in [0.1, 0.15) is 20.3 Å². The van der Waals surface area contributed by atoms with E-state index in [0.29, 0.717) is 18.1 Å². The molecule has 3 nitrogen and oxygen atoms in total. The third kappa shape index (κ3) is 2.66. The highest BCUT2D eigenvalue weighted by molar-refractivity contribution is 4.89. The highest BCUT2D eigenvalue weighted by Gasteiger charge is 2.31. The van der Waals surface area contributed by atoms with E-state index in [1.807, 2.05) is 0 Å². The van der Waals surface area contributed by atoms with Gasteiger partial charge in [-0.3, -0.25) is 4.90 Å². The van der Waals surface area contributed by atoms with Gasteiger partial charge < -0.3 is 10.6 Å². The molecule has 2 N–H and O–H groups in total. The van der Waals surface area contributed by atoms with Crippen LogP contribution < -0.4 is 5.73 Å². The minimum absolute atomic E-state index is 0.295. The van der Waals surface area contributed by atoms with Crippen LogP contribution in [0, 0.1) is 0 Å². The van der Waals surface area contributed by atoms with E-state index in [-0.39, 0.29) is 0 Å². The second-order valence-corrected chi connectivity index (χ2v) is 4.53. The van der Waals surface area contributed by atoms with Crippen molar-refractivity contribution in [3.63, 3.8) is 0 Å². The zero-order valence-electron chi connectivity index (χ0n) is 9.33. The van der Waals surface area contributed by atoms with Crippen molar-refractivity contribution in [1.29, 1.82) is 0 Å². The summed E-state index contributed by atoms with van der Waals surface area (Å²) in [4.78, 5) is 4.82. The molecule has 0 saturated carbocycles. The Morgan fingerprint density at radius 1 is 1.54 bits per heavy atom. The Bertz CT molecular complexity index is 156. The van der Waals surface area contributed by atoms with Gasteiger partial charge in [-0.15, -0.1) is 0 Å². The van der Waals surface area contributed by atoms with Crippen molar-refractivity contribution in [2.75, 3.05) is 27.2 Å². The van der Waals surface area contributed by atoms with E-state index in [1.54, 1.807) is 0 Å². The van der Waals surface area contributed by atoms with Crippen molar-refractivity contribution < 1.29 is 0 Å². The monoisotopic (exact) mass is 185 g/mol. The Labute approximate surface area is 81.9 Å². The van der Waals surface area contributed by atoms with Crippen molar-refractivity contribution in [2.24, 2.45) is 5.73 Å². The molecule has 3 atom stereocenters. The highest BCUT2D eigenvalue weighted by atomic mass is 15.3. The number of hydrogen-bond acceptors (Lipinski definition) is 3. The second kappa shape index (κ2) is 4.40. The molecule has 1 aliphatic heterocycles. The molecule has 0 aliphatic carbocycles. The molecule has 1 aliphatic rings. The Morgan fingerprint density at radius 3 is 2.54 bits per heavy atom. The van der Waals surface area contributed by atoms with Crippen LogP contribution in [0.2, 0.25) is 0 Å². The van der Waals surface area contributed by atoms with E-state index in [9.17, 15) is 0 Å². The van der Waals surface area contributed by atoms with Crippen molar-refractivity contribution >= 4 is 0 Å². The fourth-order valence-corrected chi connectivity index (χ4v) is 2.30. The summed E-state index contributed by atoms with van der Waals surface area (Å²) in [6, 6.07) is 1.66. The lowest BCUT2D eigenvalue weighted by molar-refractivity contribution is 0.193. The van der Waals surface area contributed by atoms with Gasteiger partial charge in [-0.2, -0.15) is 0 Å². The molecule has 0 amide bonds. The van der Waals surface area contributed by atoms with Crippen molar-refractivity contribution in [3.8, 4) is 0 Å². The first-order valence-corrected chi connectivity index (χ1v) is 5.18. The van der Waals surface area contributed by atoms with Crippen LogP contribution in [0.5, 0.6) is 0 Å². The zero-order chi connectivity index (χ0) is 10.0. The van der Waals surface area contributed by atoms with E-state index < -0.39 is 0 Å². The van der Waals surface area contributed by atoms with Gasteiger partial charge in [0.2, 0.25) is 0 Å². The predicted molar refractivity (Wildman–Crippen MR) is 56.8 cm³/mol. The standard InChI is InChI=1S/C10H23N3/c1-8(11)7-13-6-5-10(9(13)2)12(3)4/h8-10H,5-7,11H2,1-4H3/t8-,9?,10?/m0/s1. The molecule has 1 saturated heterocycles. The SMILES string of the molecule is CC1C(N(C)C)CCN1C[C@H](C)N. The van der Waals surface area contributed by atoms with Crippen molar-refractivity contribution in [3.05, 3.63) is 0 Å². The quantitative estimate of drug-likeness (QED) is 0.689. The summed E-state index contributed by atoms with van der Waals surface area (Å²) in [5.41, 5.74) is 5.80. The van der Waals surface area contributed by atoms with Gasteiger partial charge >= 0.3 is 0 Å². The van der Waals surface area contributed by atoms with Gasteiger partial charge in [-0.1, -0.05) is 0 Å². The molecule has 13 heavy (non-hydrogen) atoms. The molecule has 1 heterocycles.